The monoisotopic (exact) mass is 239 g/mol. The minimum atomic E-state index is 0.522. The van der Waals surface area contributed by atoms with Gasteiger partial charge in [-0.3, -0.25) is 4.99 Å². The van der Waals surface area contributed by atoms with Crippen molar-refractivity contribution in [1.82, 2.24) is 0 Å². The molecule has 0 heterocycles. The van der Waals surface area contributed by atoms with Gasteiger partial charge >= 0.3 is 0 Å². The molecule has 1 unspecified atom stereocenters. The molecular weight excluding hydrogens is 206 g/mol. The van der Waals surface area contributed by atoms with Gasteiger partial charge in [-0.1, -0.05) is 65.2 Å². The third-order valence-electron chi connectivity index (χ3n) is 3.39. The first-order valence-corrected chi connectivity index (χ1v) is 7.82. The fourth-order valence-corrected chi connectivity index (χ4v) is 1.91. The summed E-state index contributed by atoms with van der Waals surface area (Å²) in [4.78, 5) is 4.49. The van der Waals surface area contributed by atoms with Crippen LogP contribution >= 0.6 is 0 Å². The third kappa shape index (κ3) is 13.6. The Morgan fingerprint density at radius 1 is 0.824 bits per heavy atom. The molecule has 1 heteroatoms. The molecule has 0 radical (unpaired) electrons. The van der Waals surface area contributed by atoms with Crippen LogP contribution < -0.4 is 0 Å². The highest BCUT2D eigenvalue weighted by molar-refractivity contribution is 5.57. The van der Waals surface area contributed by atoms with Crippen LogP contribution in [0.5, 0.6) is 0 Å². The first kappa shape index (κ1) is 16.7. The summed E-state index contributed by atoms with van der Waals surface area (Å²) < 4.78 is 0. The fraction of sp³-hybridized carbons (Fsp3) is 0.938. The molecule has 0 aliphatic rings. The molecular formula is C16H33N. The van der Waals surface area contributed by atoms with Crippen LogP contribution in [0.2, 0.25) is 0 Å². The van der Waals surface area contributed by atoms with Gasteiger partial charge in [0.25, 0.3) is 0 Å². The maximum atomic E-state index is 4.49. The summed E-state index contributed by atoms with van der Waals surface area (Å²) in [7, 11) is 0. The molecule has 0 saturated heterocycles. The van der Waals surface area contributed by atoms with E-state index >= 15 is 0 Å². The molecule has 0 aliphatic heterocycles. The molecule has 0 aromatic heterocycles. The zero-order valence-corrected chi connectivity index (χ0v) is 12.4. The topological polar surface area (TPSA) is 12.4 Å². The smallest absolute Gasteiger partial charge is 0.0464 e. The van der Waals surface area contributed by atoms with Gasteiger partial charge in [0, 0.05) is 6.04 Å². The third-order valence-corrected chi connectivity index (χ3v) is 3.39. The van der Waals surface area contributed by atoms with E-state index in [9.17, 15) is 0 Å². The molecule has 17 heavy (non-hydrogen) atoms. The van der Waals surface area contributed by atoms with Crippen LogP contribution in [-0.2, 0) is 0 Å². The van der Waals surface area contributed by atoms with Crippen molar-refractivity contribution in [2.45, 2.75) is 97.4 Å². The summed E-state index contributed by atoms with van der Waals surface area (Å²) in [6.07, 6.45) is 17.2. The lowest BCUT2D eigenvalue weighted by Crippen LogP contribution is -1.94. The van der Waals surface area contributed by atoms with Gasteiger partial charge in [0.05, 0.1) is 0 Å². The molecule has 0 rings (SSSR count). The quantitative estimate of drug-likeness (QED) is 0.302. The molecule has 0 N–H and O–H groups in total. The molecule has 1 nitrogen and oxygen atoms in total. The second-order valence-corrected chi connectivity index (χ2v) is 5.21. The molecule has 1 atom stereocenters. The molecule has 0 aliphatic carbocycles. The highest BCUT2D eigenvalue weighted by atomic mass is 14.7. The number of unbranched alkanes of at least 4 members (excludes halogenated alkanes) is 9. The summed E-state index contributed by atoms with van der Waals surface area (Å²) in [6, 6.07) is 0.522. The second kappa shape index (κ2) is 13.7. The Hall–Kier alpha value is -0.330. The van der Waals surface area contributed by atoms with E-state index in [0.717, 1.165) is 6.42 Å². The lowest BCUT2D eigenvalue weighted by molar-refractivity contribution is 0.568. The van der Waals surface area contributed by atoms with Crippen LogP contribution in [0.25, 0.3) is 0 Å². The standard InChI is InChI=1S/C16H33N/c1-4-6-7-8-9-10-11-12-13-14-15-17-16(3)5-2/h15-16H,4-14H2,1-3H3. The number of hydrogen-bond donors (Lipinski definition) is 0. The normalized spacial score (nSPS) is 13.4. The van der Waals surface area contributed by atoms with Crippen molar-refractivity contribution >= 4 is 6.21 Å². The van der Waals surface area contributed by atoms with E-state index in [1.165, 1.54) is 64.2 Å². The first-order chi connectivity index (χ1) is 8.31. The Morgan fingerprint density at radius 2 is 1.35 bits per heavy atom. The molecule has 0 aromatic carbocycles. The van der Waals surface area contributed by atoms with Crippen molar-refractivity contribution in [2.75, 3.05) is 0 Å². The predicted molar refractivity (Wildman–Crippen MR) is 80.1 cm³/mol. The van der Waals surface area contributed by atoms with Crippen LogP contribution in [0, 0.1) is 0 Å². The van der Waals surface area contributed by atoms with Crippen molar-refractivity contribution in [3.63, 3.8) is 0 Å². The number of aliphatic imine (C=N–C) groups is 1. The Labute approximate surface area is 109 Å². The minimum Gasteiger partial charge on any atom is -0.295 e. The molecule has 0 spiro atoms. The molecule has 0 amide bonds. The van der Waals surface area contributed by atoms with Crippen LogP contribution in [0.4, 0.5) is 0 Å². The first-order valence-electron chi connectivity index (χ1n) is 7.82. The number of hydrogen-bond acceptors (Lipinski definition) is 1. The summed E-state index contributed by atoms with van der Waals surface area (Å²) in [5.74, 6) is 0. The van der Waals surface area contributed by atoms with E-state index in [0.29, 0.717) is 6.04 Å². The van der Waals surface area contributed by atoms with Gasteiger partial charge in [-0.05, 0) is 32.4 Å². The second-order valence-electron chi connectivity index (χ2n) is 5.21. The molecule has 102 valence electrons. The Balaban J connectivity index is 3.06. The van der Waals surface area contributed by atoms with Crippen LogP contribution in [-0.4, -0.2) is 12.3 Å². The molecule has 0 aromatic rings. The molecule has 0 fully saturated rings. The Bertz CT molecular complexity index is 163. The van der Waals surface area contributed by atoms with Crippen LogP contribution in [0.3, 0.4) is 0 Å². The largest absolute Gasteiger partial charge is 0.295 e. The van der Waals surface area contributed by atoms with Gasteiger partial charge in [0.2, 0.25) is 0 Å². The van der Waals surface area contributed by atoms with Gasteiger partial charge in [-0.2, -0.15) is 0 Å². The minimum absolute atomic E-state index is 0.522. The van der Waals surface area contributed by atoms with E-state index in [4.69, 9.17) is 0 Å². The fourth-order valence-electron chi connectivity index (χ4n) is 1.91. The lowest BCUT2D eigenvalue weighted by Gasteiger charge is -2.01. The lowest BCUT2D eigenvalue weighted by atomic mass is 10.1. The van der Waals surface area contributed by atoms with Crippen LogP contribution in [0.1, 0.15) is 91.4 Å². The summed E-state index contributed by atoms with van der Waals surface area (Å²) in [5, 5.41) is 0. The van der Waals surface area contributed by atoms with Crippen molar-refractivity contribution in [3.05, 3.63) is 0 Å². The van der Waals surface area contributed by atoms with Crippen molar-refractivity contribution < 1.29 is 0 Å². The van der Waals surface area contributed by atoms with Crippen molar-refractivity contribution in [2.24, 2.45) is 4.99 Å². The predicted octanol–water partition coefficient (Wildman–Crippen LogP) is 5.78. The Morgan fingerprint density at radius 3 is 1.88 bits per heavy atom. The van der Waals surface area contributed by atoms with E-state index in [1.807, 2.05) is 0 Å². The highest BCUT2D eigenvalue weighted by Gasteiger charge is 1.92. The van der Waals surface area contributed by atoms with Crippen molar-refractivity contribution in [3.8, 4) is 0 Å². The highest BCUT2D eigenvalue weighted by Crippen LogP contribution is 2.10. The maximum absolute atomic E-state index is 4.49. The van der Waals surface area contributed by atoms with E-state index < -0.39 is 0 Å². The number of nitrogens with zero attached hydrogens (tertiary/aromatic N) is 1. The molecule has 0 saturated carbocycles. The SMILES string of the molecule is CCCCCCCCCCCC=NC(C)CC. The van der Waals surface area contributed by atoms with Crippen molar-refractivity contribution in [1.29, 1.82) is 0 Å². The van der Waals surface area contributed by atoms with E-state index in [-0.39, 0.29) is 0 Å². The van der Waals surface area contributed by atoms with Gasteiger partial charge in [-0.15, -0.1) is 0 Å². The van der Waals surface area contributed by atoms with Gasteiger partial charge in [0.1, 0.15) is 0 Å². The number of rotatable bonds is 12. The Kier molecular flexibility index (Phi) is 13.5. The average molecular weight is 239 g/mol. The summed E-state index contributed by atoms with van der Waals surface area (Å²) >= 11 is 0. The summed E-state index contributed by atoms with van der Waals surface area (Å²) in [6.45, 7) is 6.66. The molecule has 0 bridgehead atoms. The van der Waals surface area contributed by atoms with Gasteiger partial charge in [-0.25, -0.2) is 0 Å². The maximum Gasteiger partial charge on any atom is 0.0464 e. The van der Waals surface area contributed by atoms with E-state index in [2.05, 4.69) is 32.0 Å². The zero-order chi connectivity index (χ0) is 12.8. The van der Waals surface area contributed by atoms with Gasteiger partial charge in [0.15, 0.2) is 0 Å². The van der Waals surface area contributed by atoms with Crippen LogP contribution in [0.15, 0.2) is 4.99 Å². The zero-order valence-electron chi connectivity index (χ0n) is 12.4. The van der Waals surface area contributed by atoms with Gasteiger partial charge < -0.3 is 0 Å². The summed E-state index contributed by atoms with van der Waals surface area (Å²) in [5.41, 5.74) is 0. The van der Waals surface area contributed by atoms with E-state index in [1.54, 1.807) is 0 Å². The average Bonchev–Trinajstić information content (AvgIpc) is 2.35.